The maximum Gasteiger partial charge on any atom is 0.186 e. The highest BCUT2D eigenvalue weighted by molar-refractivity contribution is 6.71. The molecule has 0 rings (SSSR count). The highest BCUT2D eigenvalue weighted by Gasteiger charge is 2.20. The largest absolute Gasteiger partial charge is 0.415 e. The van der Waals surface area contributed by atoms with E-state index in [2.05, 4.69) is 26.9 Å². The predicted molar refractivity (Wildman–Crippen MR) is 43.9 cm³/mol. The summed E-state index contributed by atoms with van der Waals surface area (Å²) in [7, 11) is -1.30. The summed E-state index contributed by atoms with van der Waals surface area (Å²) < 4.78 is 5.61. The highest BCUT2D eigenvalue weighted by Crippen LogP contribution is 2.11. The second-order valence-electron chi connectivity index (χ2n) is 3.04. The molecule has 1 nitrogen and oxygen atoms in total. The lowest BCUT2D eigenvalue weighted by molar-refractivity contribution is 0.257. The van der Waals surface area contributed by atoms with Crippen LogP contribution in [0.25, 0.3) is 0 Å². The Kier molecular flexibility index (Phi) is 3.44. The summed E-state index contributed by atoms with van der Waals surface area (Å²) >= 11 is 0. The van der Waals surface area contributed by atoms with Gasteiger partial charge in [0.05, 0.1) is 0 Å². The fraction of sp³-hybridized carbons (Fsp3) is 0.857. The fourth-order valence-corrected chi connectivity index (χ4v) is 1.88. The summed E-state index contributed by atoms with van der Waals surface area (Å²) in [5.41, 5.74) is 0. The number of rotatable bonds is 3. The lowest BCUT2D eigenvalue weighted by atomic mass is 10.5. The molecule has 0 aromatic carbocycles. The first-order valence-corrected chi connectivity index (χ1v) is 6.60. The van der Waals surface area contributed by atoms with E-state index in [1.165, 1.54) is 6.04 Å². The third-order valence-electron chi connectivity index (χ3n) is 1.37. The van der Waals surface area contributed by atoms with Crippen molar-refractivity contribution >= 4 is 8.32 Å². The van der Waals surface area contributed by atoms with Crippen molar-refractivity contribution in [1.82, 2.24) is 0 Å². The van der Waals surface area contributed by atoms with Crippen LogP contribution in [0.4, 0.5) is 0 Å². The van der Waals surface area contributed by atoms with Crippen LogP contribution >= 0.6 is 0 Å². The van der Waals surface area contributed by atoms with Gasteiger partial charge in [-0.3, -0.25) is 0 Å². The van der Waals surface area contributed by atoms with Crippen LogP contribution in [0.15, 0.2) is 0 Å². The molecule has 55 valence electrons. The van der Waals surface area contributed by atoms with E-state index in [0.717, 1.165) is 0 Å². The van der Waals surface area contributed by atoms with Crippen LogP contribution in [0.5, 0.6) is 0 Å². The molecule has 0 fully saturated rings. The molecule has 0 aliphatic carbocycles. The van der Waals surface area contributed by atoms with Gasteiger partial charge in [-0.2, -0.15) is 0 Å². The molecule has 2 heteroatoms. The first kappa shape index (κ1) is 9.18. The smallest absolute Gasteiger partial charge is 0.186 e. The van der Waals surface area contributed by atoms with Crippen LogP contribution in [-0.4, -0.2) is 14.4 Å². The highest BCUT2D eigenvalue weighted by atomic mass is 28.4. The van der Waals surface area contributed by atoms with Crippen LogP contribution < -0.4 is 0 Å². The quantitative estimate of drug-likeness (QED) is 0.554. The Morgan fingerprint density at radius 1 is 1.56 bits per heavy atom. The Bertz CT molecular complexity index is 79.0. The van der Waals surface area contributed by atoms with Crippen LogP contribution in [0.2, 0.25) is 19.1 Å². The zero-order valence-corrected chi connectivity index (χ0v) is 7.90. The zero-order chi connectivity index (χ0) is 7.49. The third-order valence-corrected chi connectivity index (χ3v) is 4.11. The van der Waals surface area contributed by atoms with Crippen molar-refractivity contribution < 1.29 is 4.43 Å². The van der Waals surface area contributed by atoms with Gasteiger partial charge in [-0.05, 0) is 33.0 Å². The minimum atomic E-state index is -1.30. The van der Waals surface area contributed by atoms with Crippen LogP contribution in [0.3, 0.4) is 0 Å². The summed E-state index contributed by atoms with van der Waals surface area (Å²) in [5, 5.41) is 0. The van der Waals surface area contributed by atoms with Gasteiger partial charge in [0.25, 0.3) is 0 Å². The second-order valence-corrected chi connectivity index (χ2v) is 7.50. The third kappa shape index (κ3) is 4.67. The molecule has 0 saturated heterocycles. The normalized spacial score (nSPS) is 12.7. The van der Waals surface area contributed by atoms with Crippen molar-refractivity contribution in [2.75, 3.05) is 0 Å². The van der Waals surface area contributed by atoms with E-state index in [-0.39, 0.29) is 6.10 Å². The summed E-state index contributed by atoms with van der Waals surface area (Å²) in [4.78, 5) is 0. The van der Waals surface area contributed by atoms with Crippen LogP contribution in [0.1, 0.15) is 13.8 Å². The molecule has 0 amide bonds. The Hall–Kier alpha value is 0.177. The standard InChI is InChI=1S/C7H17OSi/c1-6-9(4,5)8-7(2)3/h7H,2,6H2,1,3-5H3. The molecule has 0 saturated carbocycles. The summed E-state index contributed by atoms with van der Waals surface area (Å²) in [5.74, 6) is 0. The Labute approximate surface area is 59.5 Å². The zero-order valence-electron chi connectivity index (χ0n) is 6.90. The molecular weight excluding hydrogens is 128 g/mol. The van der Waals surface area contributed by atoms with Gasteiger partial charge in [-0.1, -0.05) is 6.92 Å². The average molecular weight is 145 g/mol. The van der Waals surface area contributed by atoms with E-state index >= 15 is 0 Å². The molecule has 0 bridgehead atoms. The van der Waals surface area contributed by atoms with Crippen molar-refractivity contribution in [1.29, 1.82) is 0 Å². The predicted octanol–water partition coefficient (Wildman–Crippen LogP) is 2.45. The first-order valence-electron chi connectivity index (χ1n) is 3.49. The van der Waals surface area contributed by atoms with Crippen LogP contribution in [-0.2, 0) is 4.43 Å². The minimum Gasteiger partial charge on any atom is -0.415 e. The van der Waals surface area contributed by atoms with E-state index in [9.17, 15) is 0 Å². The molecular formula is C7H17OSi. The monoisotopic (exact) mass is 145 g/mol. The number of hydrogen-bond acceptors (Lipinski definition) is 1. The van der Waals surface area contributed by atoms with E-state index < -0.39 is 8.32 Å². The topological polar surface area (TPSA) is 9.23 Å². The lowest BCUT2D eigenvalue weighted by Crippen LogP contribution is -2.32. The number of hydrogen-bond donors (Lipinski definition) is 0. The average Bonchev–Trinajstić information content (AvgIpc) is 1.63. The van der Waals surface area contributed by atoms with Crippen molar-refractivity contribution in [2.45, 2.75) is 39.1 Å². The van der Waals surface area contributed by atoms with Gasteiger partial charge < -0.3 is 4.43 Å². The molecule has 0 N–H and O–H groups in total. The molecule has 0 heterocycles. The minimum absolute atomic E-state index is 0.159. The SMILES string of the molecule is [CH2]C(C)O[Si](C)(C)CC. The summed E-state index contributed by atoms with van der Waals surface area (Å²) in [6.07, 6.45) is 0.159. The van der Waals surface area contributed by atoms with Gasteiger partial charge in [0.2, 0.25) is 0 Å². The molecule has 0 spiro atoms. The molecule has 0 aliphatic rings. The van der Waals surface area contributed by atoms with Crippen molar-refractivity contribution in [2.24, 2.45) is 0 Å². The molecule has 0 aliphatic heterocycles. The van der Waals surface area contributed by atoms with Gasteiger partial charge in [0, 0.05) is 6.10 Å². The summed E-state index contributed by atoms with van der Waals surface area (Å²) in [6.45, 7) is 12.4. The fourth-order valence-electron chi connectivity index (χ4n) is 0.628. The van der Waals surface area contributed by atoms with Crippen molar-refractivity contribution in [3.8, 4) is 0 Å². The second kappa shape index (κ2) is 3.37. The molecule has 9 heavy (non-hydrogen) atoms. The molecule has 1 radical (unpaired) electrons. The van der Waals surface area contributed by atoms with Crippen molar-refractivity contribution in [3.05, 3.63) is 6.92 Å². The van der Waals surface area contributed by atoms with Gasteiger partial charge in [0.1, 0.15) is 0 Å². The van der Waals surface area contributed by atoms with E-state index in [0.29, 0.717) is 0 Å². The summed E-state index contributed by atoms with van der Waals surface area (Å²) in [6, 6.07) is 1.17. The Morgan fingerprint density at radius 2 is 2.00 bits per heavy atom. The molecule has 1 atom stereocenters. The van der Waals surface area contributed by atoms with Crippen LogP contribution in [0, 0.1) is 6.92 Å². The maximum atomic E-state index is 5.61. The first-order chi connectivity index (χ1) is 3.98. The molecule has 0 aromatic rings. The van der Waals surface area contributed by atoms with E-state index in [1.807, 2.05) is 6.92 Å². The van der Waals surface area contributed by atoms with Crippen molar-refractivity contribution in [3.63, 3.8) is 0 Å². The van der Waals surface area contributed by atoms with E-state index in [4.69, 9.17) is 4.43 Å². The van der Waals surface area contributed by atoms with Gasteiger partial charge in [-0.25, -0.2) is 0 Å². The maximum absolute atomic E-state index is 5.61. The molecule has 0 aromatic heterocycles. The van der Waals surface area contributed by atoms with E-state index in [1.54, 1.807) is 0 Å². The Balaban J connectivity index is 3.58. The van der Waals surface area contributed by atoms with Gasteiger partial charge >= 0.3 is 0 Å². The van der Waals surface area contributed by atoms with Gasteiger partial charge in [-0.15, -0.1) is 0 Å². The molecule has 1 unspecified atom stereocenters. The Morgan fingerprint density at radius 3 is 2.11 bits per heavy atom. The van der Waals surface area contributed by atoms with Gasteiger partial charge in [0.15, 0.2) is 8.32 Å². The lowest BCUT2D eigenvalue weighted by Gasteiger charge is -2.23.